The van der Waals surface area contributed by atoms with Gasteiger partial charge in [0, 0.05) is 4.88 Å². The summed E-state index contributed by atoms with van der Waals surface area (Å²) in [4.78, 5) is 12.0. The van der Waals surface area contributed by atoms with E-state index >= 15 is 0 Å². The molecule has 0 aromatic carbocycles. The van der Waals surface area contributed by atoms with Crippen LogP contribution in [-0.2, 0) is 6.42 Å². The van der Waals surface area contributed by atoms with Crippen LogP contribution in [0.15, 0.2) is 6.07 Å². The largest absolute Gasteiger partial charge is 0.477 e. The van der Waals surface area contributed by atoms with Gasteiger partial charge in [0.1, 0.15) is 11.8 Å². The van der Waals surface area contributed by atoms with Gasteiger partial charge in [-0.1, -0.05) is 6.92 Å². The van der Waals surface area contributed by atoms with E-state index in [4.69, 9.17) is 15.1 Å². The highest BCUT2D eigenvalue weighted by atomic mass is 32.1. The lowest BCUT2D eigenvalue weighted by Gasteiger charge is -2.05. The number of carboxylic acids is 1. The van der Waals surface area contributed by atoms with Crippen molar-refractivity contribution >= 4 is 17.3 Å². The molecular formula is C10H11NO3S. The second kappa shape index (κ2) is 4.80. The fourth-order valence-electron chi connectivity index (χ4n) is 1.05. The molecule has 1 rings (SSSR count). The van der Waals surface area contributed by atoms with Crippen LogP contribution in [0.1, 0.15) is 28.4 Å². The van der Waals surface area contributed by atoms with E-state index in [9.17, 15) is 4.79 Å². The molecule has 5 heteroatoms. The Hall–Kier alpha value is -1.54. The molecular weight excluding hydrogens is 214 g/mol. The van der Waals surface area contributed by atoms with Gasteiger partial charge in [-0.3, -0.25) is 0 Å². The minimum atomic E-state index is -1.01. The summed E-state index contributed by atoms with van der Waals surface area (Å²) in [5.41, 5.74) is 0. The average Bonchev–Trinajstić information content (AvgIpc) is 2.61. The first kappa shape index (κ1) is 11.5. The molecule has 0 aliphatic heterocycles. The molecule has 1 aromatic rings. The minimum absolute atomic E-state index is 0.161. The molecule has 4 nitrogen and oxygen atoms in total. The second-order valence-electron chi connectivity index (χ2n) is 2.95. The van der Waals surface area contributed by atoms with E-state index in [0.717, 1.165) is 11.3 Å². The van der Waals surface area contributed by atoms with Crippen molar-refractivity contribution in [3.8, 4) is 11.8 Å². The molecule has 80 valence electrons. The van der Waals surface area contributed by atoms with Crippen molar-refractivity contribution in [3.05, 3.63) is 15.8 Å². The second-order valence-corrected chi connectivity index (χ2v) is 4.09. The zero-order valence-electron chi connectivity index (χ0n) is 8.48. The van der Waals surface area contributed by atoms with Gasteiger partial charge in [-0.25, -0.2) is 4.79 Å². The van der Waals surface area contributed by atoms with Crippen LogP contribution in [0.5, 0.6) is 5.75 Å². The lowest BCUT2D eigenvalue weighted by atomic mass is 10.3. The molecule has 1 aromatic heterocycles. The highest BCUT2D eigenvalue weighted by molar-refractivity contribution is 7.14. The summed E-state index contributed by atoms with van der Waals surface area (Å²) in [6.45, 7) is 3.52. The SMILES string of the molecule is CCc1cc(OC(C)C#N)c(C(=O)O)s1. The Balaban J connectivity index is 3.00. The maximum atomic E-state index is 10.9. The Labute approximate surface area is 91.7 Å². The van der Waals surface area contributed by atoms with E-state index < -0.39 is 12.1 Å². The number of nitrogens with zero attached hydrogens (tertiary/aromatic N) is 1. The maximum absolute atomic E-state index is 10.9. The molecule has 1 heterocycles. The molecule has 1 unspecified atom stereocenters. The summed E-state index contributed by atoms with van der Waals surface area (Å²) in [6, 6.07) is 3.58. The number of rotatable bonds is 4. The number of aryl methyl sites for hydroxylation is 1. The first-order chi connectivity index (χ1) is 7.08. The number of hydrogen-bond donors (Lipinski definition) is 1. The summed E-state index contributed by atoms with van der Waals surface area (Å²) in [6.07, 6.45) is 0.123. The Bertz CT molecular complexity index is 405. The number of carboxylic acid groups (broad SMARTS) is 1. The molecule has 0 spiro atoms. The highest BCUT2D eigenvalue weighted by Crippen LogP contribution is 2.30. The van der Waals surface area contributed by atoms with E-state index in [1.807, 2.05) is 13.0 Å². The number of thiophene rings is 1. The fourth-order valence-corrected chi connectivity index (χ4v) is 1.92. The molecule has 0 fully saturated rings. The van der Waals surface area contributed by atoms with Gasteiger partial charge in [-0.05, 0) is 19.4 Å². The molecule has 0 radical (unpaired) electrons. The first-order valence-corrected chi connectivity index (χ1v) is 5.32. The standard InChI is InChI=1S/C10H11NO3S/c1-3-7-4-8(14-6(2)5-11)9(15-7)10(12)13/h4,6H,3H2,1-2H3,(H,12,13). The third-order valence-electron chi connectivity index (χ3n) is 1.78. The van der Waals surface area contributed by atoms with Crippen LogP contribution in [0.25, 0.3) is 0 Å². The number of carbonyl (C=O) groups is 1. The van der Waals surface area contributed by atoms with Crippen molar-refractivity contribution in [1.29, 1.82) is 5.26 Å². The van der Waals surface area contributed by atoms with Crippen LogP contribution < -0.4 is 4.74 Å². The summed E-state index contributed by atoms with van der Waals surface area (Å²) in [5, 5.41) is 17.5. The topological polar surface area (TPSA) is 70.3 Å². The van der Waals surface area contributed by atoms with Gasteiger partial charge in [0.25, 0.3) is 0 Å². The van der Waals surface area contributed by atoms with Crippen molar-refractivity contribution in [1.82, 2.24) is 0 Å². The van der Waals surface area contributed by atoms with E-state index in [0.29, 0.717) is 5.75 Å². The fraction of sp³-hybridized carbons (Fsp3) is 0.400. The molecule has 15 heavy (non-hydrogen) atoms. The Morgan fingerprint density at radius 2 is 2.47 bits per heavy atom. The van der Waals surface area contributed by atoms with E-state index in [1.54, 1.807) is 13.0 Å². The summed E-state index contributed by atoms with van der Waals surface area (Å²) in [7, 11) is 0. The van der Waals surface area contributed by atoms with E-state index in [2.05, 4.69) is 0 Å². The Morgan fingerprint density at radius 3 is 2.93 bits per heavy atom. The van der Waals surface area contributed by atoms with Crippen LogP contribution in [0.4, 0.5) is 0 Å². The van der Waals surface area contributed by atoms with E-state index in [-0.39, 0.29) is 4.88 Å². The maximum Gasteiger partial charge on any atom is 0.349 e. The molecule has 1 atom stereocenters. The number of hydrogen-bond acceptors (Lipinski definition) is 4. The van der Waals surface area contributed by atoms with Gasteiger partial charge in [0.05, 0.1) is 0 Å². The number of ether oxygens (including phenoxy) is 1. The van der Waals surface area contributed by atoms with Gasteiger partial charge in [-0.2, -0.15) is 5.26 Å². The zero-order chi connectivity index (χ0) is 11.4. The normalized spacial score (nSPS) is 11.8. The van der Waals surface area contributed by atoms with Gasteiger partial charge in [-0.15, -0.1) is 11.3 Å². The van der Waals surface area contributed by atoms with Gasteiger partial charge < -0.3 is 9.84 Å². The summed E-state index contributed by atoms with van der Waals surface area (Å²) >= 11 is 1.19. The van der Waals surface area contributed by atoms with Crippen LogP contribution in [0.3, 0.4) is 0 Å². The molecule has 0 bridgehead atoms. The minimum Gasteiger partial charge on any atom is -0.477 e. The van der Waals surface area contributed by atoms with Crippen LogP contribution in [0.2, 0.25) is 0 Å². The highest BCUT2D eigenvalue weighted by Gasteiger charge is 2.17. The third-order valence-corrected chi connectivity index (χ3v) is 3.03. The van der Waals surface area contributed by atoms with Crippen LogP contribution in [0, 0.1) is 11.3 Å². The molecule has 0 aliphatic carbocycles. The quantitative estimate of drug-likeness (QED) is 0.853. The van der Waals surface area contributed by atoms with Crippen molar-refractivity contribution in [3.63, 3.8) is 0 Å². The lowest BCUT2D eigenvalue weighted by molar-refractivity contribution is 0.0697. The summed E-state index contributed by atoms with van der Waals surface area (Å²) < 4.78 is 5.21. The molecule has 0 aliphatic rings. The molecule has 0 saturated carbocycles. The Morgan fingerprint density at radius 1 is 1.80 bits per heavy atom. The molecule has 1 N–H and O–H groups in total. The summed E-state index contributed by atoms with van der Waals surface area (Å²) in [5.74, 6) is -0.724. The predicted octanol–water partition coefficient (Wildman–Crippen LogP) is 2.30. The lowest BCUT2D eigenvalue weighted by Crippen LogP contribution is -2.09. The molecule has 0 amide bonds. The van der Waals surface area contributed by atoms with Crippen molar-refractivity contribution in [2.75, 3.05) is 0 Å². The number of aromatic carboxylic acids is 1. The van der Waals surface area contributed by atoms with Gasteiger partial charge in [0.15, 0.2) is 11.0 Å². The predicted molar refractivity (Wildman–Crippen MR) is 56.4 cm³/mol. The van der Waals surface area contributed by atoms with Crippen molar-refractivity contribution in [2.45, 2.75) is 26.4 Å². The van der Waals surface area contributed by atoms with Gasteiger partial charge >= 0.3 is 5.97 Å². The monoisotopic (exact) mass is 225 g/mol. The van der Waals surface area contributed by atoms with Crippen LogP contribution in [-0.4, -0.2) is 17.2 Å². The molecule has 0 saturated heterocycles. The zero-order valence-corrected chi connectivity index (χ0v) is 9.30. The average molecular weight is 225 g/mol. The third kappa shape index (κ3) is 2.70. The van der Waals surface area contributed by atoms with E-state index in [1.165, 1.54) is 11.3 Å². The number of nitriles is 1. The van der Waals surface area contributed by atoms with Crippen molar-refractivity contribution < 1.29 is 14.6 Å². The van der Waals surface area contributed by atoms with Crippen molar-refractivity contribution in [2.24, 2.45) is 0 Å². The van der Waals surface area contributed by atoms with Crippen LogP contribution >= 0.6 is 11.3 Å². The smallest absolute Gasteiger partial charge is 0.349 e. The van der Waals surface area contributed by atoms with Gasteiger partial charge in [0.2, 0.25) is 0 Å². The first-order valence-electron chi connectivity index (χ1n) is 4.50. The Kier molecular flexibility index (Phi) is 3.69.